The summed E-state index contributed by atoms with van der Waals surface area (Å²) in [7, 11) is 0. The van der Waals surface area contributed by atoms with Gasteiger partial charge in [-0.15, -0.1) is 0 Å². The Kier molecular flexibility index (Phi) is 4.26. The first-order valence-electron chi connectivity index (χ1n) is 6.38. The van der Waals surface area contributed by atoms with Gasteiger partial charge in [-0.1, -0.05) is 12.8 Å². The second-order valence-electron chi connectivity index (χ2n) is 4.93. The maximum Gasteiger partial charge on any atom is 0.00218 e. The van der Waals surface area contributed by atoms with E-state index in [0.717, 1.165) is 5.92 Å². The van der Waals surface area contributed by atoms with Crippen LogP contribution >= 0.6 is 0 Å². The van der Waals surface area contributed by atoms with Crippen molar-refractivity contribution in [3.05, 3.63) is 0 Å². The Morgan fingerprint density at radius 2 is 1.86 bits per heavy atom. The summed E-state index contributed by atoms with van der Waals surface area (Å²) in [6.07, 6.45) is 8.59. The maximum absolute atomic E-state index is 3.56. The fourth-order valence-electron chi connectivity index (χ4n) is 2.75. The molecule has 2 aliphatic heterocycles. The molecule has 2 rings (SSSR count). The molecule has 0 aliphatic carbocycles. The van der Waals surface area contributed by atoms with E-state index in [4.69, 9.17) is 0 Å². The minimum Gasteiger partial charge on any atom is -0.316 e. The smallest absolute Gasteiger partial charge is 0.00218 e. The fraction of sp³-hybridized carbons (Fsp3) is 1.00. The molecule has 1 atom stereocenters. The Balaban J connectivity index is 1.71. The molecule has 0 aromatic carbocycles. The largest absolute Gasteiger partial charge is 0.316 e. The van der Waals surface area contributed by atoms with Crippen LogP contribution in [0.2, 0.25) is 0 Å². The predicted octanol–water partition coefficient (Wildman–Crippen LogP) is 1.86. The zero-order valence-electron chi connectivity index (χ0n) is 9.30. The van der Waals surface area contributed by atoms with E-state index in [-0.39, 0.29) is 0 Å². The number of likely N-dealkylation sites (tertiary alicyclic amines) is 1. The third-order valence-corrected chi connectivity index (χ3v) is 3.61. The van der Waals surface area contributed by atoms with Gasteiger partial charge in [0.1, 0.15) is 0 Å². The monoisotopic (exact) mass is 196 g/mol. The summed E-state index contributed by atoms with van der Waals surface area (Å²) < 4.78 is 0. The number of hydrogen-bond acceptors (Lipinski definition) is 2. The standard InChI is InChI=1S/C12H24N2/c1-4-8-14(9-5-1)11-12-6-2-3-7-13-10-12/h12-13H,1-11H2. The average molecular weight is 196 g/mol. The van der Waals surface area contributed by atoms with Gasteiger partial charge in [0.15, 0.2) is 0 Å². The Morgan fingerprint density at radius 3 is 2.71 bits per heavy atom. The van der Waals surface area contributed by atoms with Crippen molar-refractivity contribution in [2.45, 2.75) is 38.5 Å². The van der Waals surface area contributed by atoms with E-state index in [1.165, 1.54) is 71.2 Å². The number of piperidine rings is 1. The molecule has 0 aromatic heterocycles. The first kappa shape index (κ1) is 10.4. The molecular weight excluding hydrogens is 172 g/mol. The molecule has 2 aliphatic rings. The van der Waals surface area contributed by atoms with E-state index in [0.29, 0.717) is 0 Å². The van der Waals surface area contributed by atoms with Crippen molar-refractivity contribution in [1.29, 1.82) is 0 Å². The van der Waals surface area contributed by atoms with Gasteiger partial charge in [0.25, 0.3) is 0 Å². The molecule has 2 fully saturated rings. The lowest BCUT2D eigenvalue weighted by molar-refractivity contribution is 0.191. The van der Waals surface area contributed by atoms with Gasteiger partial charge in [-0.25, -0.2) is 0 Å². The molecule has 0 spiro atoms. The Labute approximate surface area is 88.1 Å². The Morgan fingerprint density at radius 1 is 1.00 bits per heavy atom. The normalized spacial score (nSPS) is 31.3. The number of rotatable bonds is 2. The number of nitrogens with one attached hydrogen (secondary N) is 1. The number of hydrogen-bond donors (Lipinski definition) is 1. The Bertz CT molecular complexity index is 144. The molecule has 0 saturated carbocycles. The van der Waals surface area contributed by atoms with Crippen molar-refractivity contribution in [1.82, 2.24) is 10.2 Å². The molecule has 1 unspecified atom stereocenters. The summed E-state index contributed by atoms with van der Waals surface area (Å²) in [5.41, 5.74) is 0. The SMILES string of the molecule is C1CCN(CC2CCCCNC2)CC1. The lowest BCUT2D eigenvalue weighted by Gasteiger charge is -2.30. The molecule has 0 amide bonds. The Hall–Kier alpha value is -0.0800. The maximum atomic E-state index is 3.56. The fourth-order valence-corrected chi connectivity index (χ4v) is 2.75. The minimum absolute atomic E-state index is 0.926. The van der Waals surface area contributed by atoms with E-state index >= 15 is 0 Å². The predicted molar refractivity (Wildman–Crippen MR) is 60.5 cm³/mol. The van der Waals surface area contributed by atoms with Crippen LogP contribution in [0.25, 0.3) is 0 Å². The van der Waals surface area contributed by atoms with Gasteiger partial charge < -0.3 is 10.2 Å². The molecule has 0 bridgehead atoms. The summed E-state index contributed by atoms with van der Waals surface area (Å²) in [4.78, 5) is 2.68. The summed E-state index contributed by atoms with van der Waals surface area (Å²) >= 11 is 0. The van der Waals surface area contributed by atoms with Crippen molar-refractivity contribution in [2.75, 3.05) is 32.7 Å². The van der Waals surface area contributed by atoms with Crippen molar-refractivity contribution >= 4 is 0 Å². The lowest BCUT2D eigenvalue weighted by Crippen LogP contribution is -2.37. The first-order chi connectivity index (χ1) is 6.95. The van der Waals surface area contributed by atoms with E-state index in [2.05, 4.69) is 10.2 Å². The van der Waals surface area contributed by atoms with Crippen molar-refractivity contribution in [3.63, 3.8) is 0 Å². The summed E-state index contributed by atoms with van der Waals surface area (Å²) in [5, 5.41) is 3.56. The van der Waals surface area contributed by atoms with Crippen LogP contribution in [0.1, 0.15) is 38.5 Å². The second kappa shape index (κ2) is 5.72. The van der Waals surface area contributed by atoms with Gasteiger partial charge in [-0.3, -0.25) is 0 Å². The van der Waals surface area contributed by atoms with Gasteiger partial charge in [0.05, 0.1) is 0 Å². The zero-order chi connectivity index (χ0) is 9.64. The van der Waals surface area contributed by atoms with Crippen molar-refractivity contribution in [2.24, 2.45) is 5.92 Å². The molecule has 2 heterocycles. The van der Waals surface area contributed by atoms with Crippen LogP contribution in [0.15, 0.2) is 0 Å². The molecule has 14 heavy (non-hydrogen) atoms. The minimum atomic E-state index is 0.926. The first-order valence-corrected chi connectivity index (χ1v) is 6.38. The van der Waals surface area contributed by atoms with Gasteiger partial charge in [0.2, 0.25) is 0 Å². The van der Waals surface area contributed by atoms with Gasteiger partial charge in [0, 0.05) is 6.54 Å². The molecule has 2 heteroatoms. The van der Waals surface area contributed by atoms with Crippen LogP contribution in [0, 0.1) is 5.92 Å². The van der Waals surface area contributed by atoms with Crippen LogP contribution in [0.5, 0.6) is 0 Å². The van der Waals surface area contributed by atoms with E-state index < -0.39 is 0 Å². The van der Waals surface area contributed by atoms with Crippen LogP contribution in [-0.2, 0) is 0 Å². The highest BCUT2D eigenvalue weighted by Crippen LogP contribution is 2.16. The summed E-state index contributed by atoms with van der Waals surface area (Å²) in [6, 6.07) is 0. The topological polar surface area (TPSA) is 15.3 Å². The molecular formula is C12H24N2. The van der Waals surface area contributed by atoms with Gasteiger partial charge in [-0.2, -0.15) is 0 Å². The highest BCUT2D eigenvalue weighted by Gasteiger charge is 2.17. The highest BCUT2D eigenvalue weighted by molar-refractivity contribution is 4.73. The van der Waals surface area contributed by atoms with Crippen molar-refractivity contribution < 1.29 is 0 Å². The van der Waals surface area contributed by atoms with E-state index in [9.17, 15) is 0 Å². The quantitative estimate of drug-likeness (QED) is 0.725. The summed E-state index contributed by atoms with van der Waals surface area (Å²) in [6.45, 7) is 6.58. The third kappa shape index (κ3) is 3.25. The van der Waals surface area contributed by atoms with Crippen molar-refractivity contribution in [3.8, 4) is 0 Å². The molecule has 0 radical (unpaired) electrons. The summed E-state index contributed by atoms with van der Waals surface area (Å²) in [5.74, 6) is 0.926. The van der Waals surface area contributed by atoms with Gasteiger partial charge in [-0.05, 0) is 57.8 Å². The second-order valence-corrected chi connectivity index (χ2v) is 4.93. The molecule has 0 aromatic rings. The highest BCUT2D eigenvalue weighted by atomic mass is 15.1. The molecule has 82 valence electrons. The average Bonchev–Trinajstić information content (AvgIpc) is 2.48. The molecule has 1 N–H and O–H groups in total. The van der Waals surface area contributed by atoms with Crippen LogP contribution in [0.3, 0.4) is 0 Å². The number of nitrogens with zero attached hydrogens (tertiary/aromatic N) is 1. The molecule has 2 saturated heterocycles. The lowest BCUT2D eigenvalue weighted by atomic mass is 10.0. The zero-order valence-corrected chi connectivity index (χ0v) is 9.30. The van der Waals surface area contributed by atoms with E-state index in [1.54, 1.807) is 0 Å². The van der Waals surface area contributed by atoms with Crippen LogP contribution < -0.4 is 5.32 Å². The van der Waals surface area contributed by atoms with Gasteiger partial charge >= 0.3 is 0 Å². The third-order valence-electron chi connectivity index (χ3n) is 3.61. The van der Waals surface area contributed by atoms with E-state index in [1.807, 2.05) is 0 Å². The van der Waals surface area contributed by atoms with Crippen LogP contribution in [-0.4, -0.2) is 37.6 Å². The van der Waals surface area contributed by atoms with Crippen LogP contribution in [0.4, 0.5) is 0 Å². The molecule has 2 nitrogen and oxygen atoms in total.